The third-order valence-electron chi connectivity index (χ3n) is 2.77. The first-order valence-electron chi connectivity index (χ1n) is 6.04. The van der Waals surface area contributed by atoms with Gasteiger partial charge in [0.25, 0.3) is 0 Å². The number of pyridine rings is 1. The number of aryl methyl sites for hydroxylation is 1. The molecule has 2 aromatic heterocycles. The molecule has 2 heterocycles. The van der Waals surface area contributed by atoms with Crippen molar-refractivity contribution in [2.45, 2.75) is 39.7 Å². The Morgan fingerprint density at radius 3 is 2.50 bits per heavy atom. The van der Waals surface area contributed by atoms with Crippen LogP contribution in [0.3, 0.4) is 0 Å². The van der Waals surface area contributed by atoms with Gasteiger partial charge in [-0.1, -0.05) is 20.8 Å². The van der Waals surface area contributed by atoms with Gasteiger partial charge in [-0.2, -0.15) is 5.10 Å². The standard InChI is InChI=1S/C14H19N3O/c1-10-7-15-17(8-10)13-6-11(9-18)5-12(16-13)14(2,3)4/h5-8,18H,9H2,1-4H3. The number of hydrogen-bond donors (Lipinski definition) is 1. The van der Waals surface area contributed by atoms with Gasteiger partial charge in [0.15, 0.2) is 5.82 Å². The van der Waals surface area contributed by atoms with Crippen LogP contribution in [0.1, 0.15) is 37.6 Å². The van der Waals surface area contributed by atoms with E-state index in [1.165, 1.54) is 0 Å². The predicted octanol–water partition coefficient (Wildman–Crippen LogP) is 2.37. The van der Waals surface area contributed by atoms with Gasteiger partial charge in [0.1, 0.15) is 0 Å². The fourth-order valence-corrected chi connectivity index (χ4v) is 1.70. The van der Waals surface area contributed by atoms with Crippen molar-refractivity contribution in [3.8, 4) is 5.82 Å². The molecule has 0 fully saturated rings. The summed E-state index contributed by atoms with van der Waals surface area (Å²) in [5, 5.41) is 13.6. The number of nitrogens with zero attached hydrogens (tertiary/aromatic N) is 3. The number of aliphatic hydroxyl groups excluding tert-OH is 1. The maximum atomic E-state index is 9.35. The van der Waals surface area contributed by atoms with E-state index in [-0.39, 0.29) is 12.0 Å². The fraction of sp³-hybridized carbons (Fsp3) is 0.429. The van der Waals surface area contributed by atoms with Crippen molar-refractivity contribution in [2.75, 3.05) is 0 Å². The molecule has 0 saturated carbocycles. The predicted molar refractivity (Wildman–Crippen MR) is 70.7 cm³/mol. The minimum atomic E-state index is -0.0534. The smallest absolute Gasteiger partial charge is 0.153 e. The van der Waals surface area contributed by atoms with Gasteiger partial charge in [0, 0.05) is 17.3 Å². The van der Waals surface area contributed by atoms with Gasteiger partial charge in [0.05, 0.1) is 12.8 Å². The van der Waals surface area contributed by atoms with Crippen molar-refractivity contribution in [1.29, 1.82) is 0 Å². The molecule has 2 aromatic rings. The highest BCUT2D eigenvalue weighted by molar-refractivity contribution is 5.33. The van der Waals surface area contributed by atoms with E-state index in [1.54, 1.807) is 10.9 Å². The van der Waals surface area contributed by atoms with E-state index < -0.39 is 0 Å². The third-order valence-corrected chi connectivity index (χ3v) is 2.77. The fourth-order valence-electron chi connectivity index (χ4n) is 1.70. The van der Waals surface area contributed by atoms with Crippen molar-refractivity contribution in [1.82, 2.24) is 14.8 Å². The Morgan fingerprint density at radius 2 is 2.00 bits per heavy atom. The lowest BCUT2D eigenvalue weighted by atomic mass is 9.91. The highest BCUT2D eigenvalue weighted by atomic mass is 16.3. The second kappa shape index (κ2) is 4.53. The Kier molecular flexibility index (Phi) is 3.22. The molecular formula is C14H19N3O. The lowest BCUT2D eigenvalue weighted by Gasteiger charge is -2.19. The summed E-state index contributed by atoms with van der Waals surface area (Å²) in [6, 6.07) is 3.81. The summed E-state index contributed by atoms with van der Waals surface area (Å²) in [6.45, 7) is 8.32. The van der Waals surface area contributed by atoms with Crippen LogP contribution in [0, 0.1) is 6.92 Å². The lowest BCUT2D eigenvalue weighted by molar-refractivity contribution is 0.281. The molecule has 4 heteroatoms. The molecule has 1 N–H and O–H groups in total. The van der Waals surface area contributed by atoms with E-state index in [4.69, 9.17) is 0 Å². The van der Waals surface area contributed by atoms with Crippen molar-refractivity contribution in [3.63, 3.8) is 0 Å². The van der Waals surface area contributed by atoms with Crippen LogP contribution in [0.4, 0.5) is 0 Å². The number of hydrogen-bond acceptors (Lipinski definition) is 3. The summed E-state index contributed by atoms with van der Waals surface area (Å²) in [6.07, 6.45) is 3.72. The summed E-state index contributed by atoms with van der Waals surface area (Å²) in [7, 11) is 0. The van der Waals surface area contributed by atoms with Gasteiger partial charge >= 0.3 is 0 Å². The van der Waals surface area contributed by atoms with Crippen LogP contribution >= 0.6 is 0 Å². The highest BCUT2D eigenvalue weighted by Gasteiger charge is 2.17. The van der Waals surface area contributed by atoms with Gasteiger partial charge in [-0.25, -0.2) is 9.67 Å². The van der Waals surface area contributed by atoms with Crippen LogP contribution in [0.15, 0.2) is 24.5 Å². The number of aliphatic hydroxyl groups is 1. The minimum Gasteiger partial charge on any atom is -0.392 e. The van der Waals surface area contributed by atoms with Gasteiger partial charge in [-0.05, 0) is 30.2 Å². The van der Waals surface area contributed by atoms with Crippen LogP contribution in [0.2, 0.25) is 0 Å². The largest absolute Gasteiger partial charge is 0.392 e. The zero-order valence-corrected chi connectivity index (χ0v) is 11.3. The first kappa shape index (κ1) is 12.8. The number of aromatic nitrogens is 3. The van der Waals surface area contributed by atoms with E-state index in [0.717, 1.165) is 22.6 Å². The molecule has 0 atom stereocenters. The molecule has 0 saturated heterocycles. The molecule has 2 rings (SSSR count). The SMILES string of the molecule is Cc1cnn(-c2cc(CO)cc(C(C)(C)C)n2)c1. The molecular weight excluding hydrogens is 226 g/mol. The van der Waals surface area contributed by atoms with Crippen molar-refractivity contribution in [2.24, 2.45) is 0 Å². The Labute approximate surface area is 107 Å². The molecule has 18 heavy (non-hydrogen) atoms. The zero-order valence-electron chi connectivity index (χ0n) is 11.3. The summed E-state index contributed by atoms with van der Waals surface area (Å²) in [5.41, 5.74) is 2.85. The van der Waals surface area contributed by atoms with Crippen LogP contribution in [0.25, 0.3) is 5.82 Å². The van der Waals surface area contributed by atoms with Gasteiger partial charge in [0.2, 0.25) is 0 Å². The molecule has 0 amide bonds. The van der Waals surface area contributed by atoms with Crippen LogP contribution < -0.4 is 0 Å². The van der Waals surface area contributed by atoms with E-state index in [1.807, 2.05) is 25.3 Å². The molecule has 0 bridgehead atoms. The van der Waals surface area contributed by atoms with E-state index in [0.29, 0.717) is 0 Å². The summed E-state index contributed by atoms with van der Waals surface area (Å²) in [4.78, 5) is 4.63. The molecule has 4 nitrogen and oxygen atoms in total. The zero-order chi connectivity index (χ0) is 13.3. The number of rotatable bonds is 2. The molecule has 96 valence electrons. The Morgan fingerprint density at radius 1 is 1.28 bits per heavy atom. The van der Waals surface area contributed by atoms with E-state index in [2.05, 4.69) is 30.9 Å². The quantitative estimate of drug-likeness (QED) is 0.883. The topological polar surface area (TPSA) is 50.9 Å². The van der Waals surface area contributed by atoms with Crippen LogP contribution in [-0.4, -0.2) is 19.9 Å². The van der Waals surface area contributed by atoms with Gasteiger partial charge < -0.3 is 5.11 Å². The Hall–Kier alpha value is -1.68. The average molecular weight is 245 g/mol. The molecule has 0 radical (unpaired) electrons. The molecule has 0 spiro atoms. The molecule has 0 aliphatic rings. The summed E-state index contributed by atoms with van der Waals surface area (Å²) >= 11 is 0. The second-order valence-electron chi connectivity index (χ2n) is 5.59. The minimum absolute atomic E-state index is 0.0127. The van der Waals surface area contributed by atoms with Gasteiger partial charge in [-0.15, -0.1) is 0 Å². The highest BCUT2D eigenvalue weighted by Crippen LogP contribution is 2.23. The van der Waals surface area contributed by atoms with E-state index in [9.17, 15) is 5.11 Å². The molecule has 0 aliphatic carbocycles. The molecule has 0 aliphatic heterocycles. The van der Waals surface area contributed by atoms with Gasteiger partial charge in [-0.3, -0.25) is 0 Å². The molecule has 0 unspecified atom stereocenters. The molecule has 0 aromatic carbocycles. The Bertz CT molecular complexity index is 552. The van der Waals surface area contributed by atoms with Crippen LogP contribution in [-0.2, 0) is 12.0 Å². The van der Waals surface area contributed by atoms with E-state index >= 15 is 0 Å². The van der Waals surface area contributed by atoms with Crippen molar-refractivity contribution in [3.05, 3.63) is 41.3 Å². The maximum Gasteiger partial charge on any atom is 0.153 e. The van der Waals surface area contributed by atoms with Crippen LogP contribution in [0.5, 0.6) is 0 Å². The lowest BCUT2D eigenvalue weighted by Crippen LogP contribution is -2.16. The monoisotopic (exact) mass is 245 g/mol. The normalized spacial score (nSPS) is 11.8. The Balaban J connectivity index is 2.54. The summed E-state index contributed by atoms with van der Waals surface area (Å²) in [5.74, 6) is 0.750. The first-order chi connectivity index (χ1) is 8.40. The first-order valence-corrected chi connectivity index (χ1v) is 6.04. The average Bonchev–Trinajstić information content (AvgIpc) is 2.74. The van der Waals surface area contributed by atoms with Crippen molar-refractivity contribution >= 4 is 0 Å². The summed E-state index contributed by atoms with van der Waals surface area (Å²) < 4.78 is 1.74. The van der Waals surface area contributed by atoms with Crippen molar-refractivity contribution < 1.29 is 5.11 Å². The second-order valence-corrected chi connectivity index (χ2v) is 5.59. The maximum absolute atomic E-state index is 9.35. The third kappa shape index (κ3) is 2.59.